The Kier molecular flexibility index (Phi) is 4.80. The van der Waals surface area contributed by atoms with Gasteiger partial charge in [-0.25, -0.2) is 0 Å². The van der Waals surface area contributed by atoms with Crippen LogP contribution in [0.3, 0.4) is 0 Å². The quantitative estimate of drug-likeness (QED) is 0.730. The van der Waals surface area contributed by atoms with Crippen LogP contribution in [-0.4, -0.2) is 38.3 Å². The van der Waals surface area contributed by atoms with Gasteiger partial charge in [-0.2, -0.15) is 0 Å². The first-order chi connectivity index (χ1) is 8.29. The van der Waals surface area contributed by atoms with E-state index in [0.717, 1.165) is 25.3 Å². The number of hydrogen-bond donors (Lipinski definition) is 2. The Balaban J connectivity index is 1.62. The van der Waals surface area contributed by atoms with Gasteiger partial charge in [-0.05, 0) is 38.6 Å². The van der Waals surface area contributed by atoms with E-state index in [-0.39, 0.29) is 18.6 Å². The lowest BCUT2D eigenvalue weighted by molar-refractivity contribution is -0.129. The van der Waals surface area contributed by atoms with Crippen molar-refractivity contribution < 1.29 is 9.53 Å². The Morgan fingerprint density at radius 2 is 2.00 bits per heavy atom. The van der Waals surface area contributed by atoms with Gasteiger partial charge in [-0.3, -0.25) is 4.79 Å². The van der Waals surface area contributed by atoms with Crippen LogP contribution in [-0.2, 0) is 9.53 Å². The third-order valence-electron chi connectivity index (χ3n) is 3.79. The van der Waals surface area contributed by atoms with Crippen molar-refractivity contribution in [3.63, 3.8) is 0 Å². The van der Waals surface area contributed by atoms with Crippen LogP contribution >= 0.6 is 0 Å². The number of ether oxygens (including phenoxy) is 1. The van der Waals surface area contributed by atoms with Gasteiger partial charge >= 0.3 is 0 Å². The fraction of sp³-hybridized carbons (Fsp3) is 0.923. The van der Waals surface area contributed by atoms with Crippen molar-refractivity contribution in [3.05, 3.63) is 0 Å². The molecule has 2 atom stereocenters. The third-order valence-corrected chi connectivity index (χ3v) is 3.79. The highest BCUT2D eigenvalue weighted by Gasteiger charge is 2.25. The van der Waals surface area contributed by atoms with Crippen LogP contribution in [0.15, 0.2) is 0 Å². The summed E-state index contributed by atoms with van der Waals surface area (Å²) in [5.74, 6) is 0.774. The normalized spacial score (nSPS) is 29.0. The number of likely N-dealkylation sites (N-methyl/N-ethyl adjacent to an activating group) is 1. The van der Waals surface area contributed by atoms with Crippen molar-refractivity contribution >= 4 is 5.91 Å². The van der Waals surface area contributed by atoms with E-state index in [1.54, 1.807) is 0 Å². The first kappa shape index (κ1) is 12.8. The van der Waals surface area contributed by atoms with Crippen molar-refractivity contribution in [2.24, 2.45) is 5.92 Å². The number of carbonyl (C=O) groups is 1. The number of carbonyl (C=O) groups excluding carboxylic acids is 1. The zero-order valence-corrected chi connectivity index (χ0v) is 10.7. The van der Waals surface area contributed by atoms with Gasteiger partial charge in [-0.1, -0.05) is 12.8 Å². The lowest BCUT2D eigenvalue weighted by Crippen LogP contribution is -2.43. The van der Waals surface area contributed by atoms with Crippen LogP contribution in [0.2, 0.25) is 0 Å². The van der Waals surface area contributed by atoms with Gasteiger partial charge in [0.15, 0.2) is 0 Å². The Morgan fingerprint density at radius 1 is 1.24 bits per heavy atom. The second-order valence-corrected chi connectivity index (χ2v) is 5.28. The molecule has 1 amide bonds. The molecule has 0 spiro atoms. The third kappa shape index (κ3) is 4.28. The van der Waals surface area contributed by atoms with E-state index >= 15 is 0 Å². The smallest absolute Gasteiger partial charge is 0.246 e. The molecule has 0 aromatic rings. The Bertz CT molecular complexity index is 254. The van der Waals surface area contributed by atoms with Crippen molar-refractivity contribution in [2.75, 3.05) is 20.2 Å². The van der Waals surface area contributed by atoms with Crippen LogP contribution < -0.4 is 10.6 Å². The monoisotopic (exact) mass is 240 g/mol. The Labute approximate surface area is 103 Å². The average Bonchev–Trinajstić information content (AvgIpc) is 3.18. The highest BCUT2D eigenvalue weighted by molar-refractivity contribution is 5.77. The second-order valence-electron chi connectivity index (χ2n) is 5.28. The summed E-state index contributed by atoms with van der Waals surface area (Å²) < 4.78 is 5.73. The molecule has 0 bridgehead atoms. The molecule has 98 valence electrons. The topological polar surface area (TPSA) is 50.4 Å². The van der Waals surface area contributed by atoms with Crippen LogP contribution in [0.4, 0.5) is 0 Å². The summed E-state index contributed by atoms with van der Waals surface area (Å²) >= 11 is 0. The van der Waals surface area contributed by atoms with Crippen LogP contribution in [0.25, 0.3) is 0 Å². The fourth-order valence-corrected chi connectivity index (χ4v) is 2.44. The van der Waals surface area contributed by atoms with Gasteiger partial charge in [0.25, 0.3) is 0 Å². The molecule has 2 aliphatic rings. The van der Waals surface area contributed by atoms with E-state index in [2.05, 4.69) is 10.6 Å². The number of hydrogen-bond acceptors (Lipinski definition) is 3. The zero-order valence-electron chi connectivity index (χ0n) is 10.7. The molecule has 4 heteroatoms. The second kappa shape index (κ2) is 6.36. The van der Waals surface area contributed by atoms with E-state index in [9.17, 15) is 4.79 Å². The lowest BCUT2D eigenvalue weighted by atomic mass is 9.92. The first-order valence-corrected chi connectivity index (χ1v) is 6.85. The molecule has 2 unspecified atom stereocenters. The molecule has 0 radical (unpaired) electrons. The summed E-state index contributed by atoms with van der Waals surface area (Å²) in [5.41, 5.74) is 0. The van der Waals surface area contributed by atoms with Crippen molar-refractivity contribution in [3.8, 4) is 0 Å². The Morgan fingerprint density at radius 3 is 2.71 bits per heavy atom. The lowest BCUT2D eigenvalue weighted by Gasteiger charge is -2.30. The molecular formula is C13H24N2O2. The van der Waals surface area contributed by atoms with E-state index in [4.69, 9.17) is 4.74 Å². The molecule has 4 nitrogen and oxygen atoms in total. The highest BCUT2D eigenvalue weighted by Crippen LogP contribution is 2.27. The summed E-state index contributed by atoms with van der Waals surface area (Å²) in [7, 11) is 1.97. The van der Waals surface area contributed by atoms with Crippen LogP contribution in [0.1, 0.15) is 38.5 Å². The maximum atomic E-state index is 11.6. The molecule has 2 aliphatic carbocycles. The molecule has 0 aromatic carbocycles. The molecule has 2 rings (SSSR count). The summed E-state index contributed by atoms with van der Waals surface area (Å²) in [6.45, 7) is 1.05. The minimum atomic E-state index is 0.0392. The van der Waals surface area contributed by atoms with Crippen molar-refractivity contribution in [2.45, 2.75) is 50.7 Å². The molecular weight excluding hydrogens is 216 g/mol. The van der Waals surface area contributed by atoms with Gasteiger partial charge in [0.2, 0.25) is 5.91 Å². The van der Waals surface area contributed by atoms with Gasteiger partial charge in [0.1, 0.15) is 6.61 Å². The number of rotatable bonds is 6. The molecule has 2 N–H and O–H groups in total. The van der Waals surface area contributed by atoms with Gasteiger partial charge in [0.05, 0.1) is 6.10 Å². The number of nitrogens with one attached hydrogen (secondary N) is 2. The summed E-state index contributed by atoms with van der Waals surface area (Å²) in [5, 5.41) is 6.21. The van der Waals surface area contributed by atoms with E-state index in [1.165, 1.54) is 25.7 Å². The SMILES string of the molecule is CNC1CCCCC1OCC(=O)NCC1CC1. The van der Waals surface area contributed by atoms with E-state index < -0.39 is 0 Å². The molecule has 0 saturated heterocycles. The van der Waals surface area contributed by atoms with Gasteiger partial charge < -0.3 is 15.4 Å². The molecule has 2 fully saturated rings. The minimum absolute atomic E-state index is 0.0392. The first-order valence-electron chi connectivity index (χ1n) is 6.85. The van der Waals surface area contributed by atoms with Crippen LogP contribution in [0, 0.1) is 5.92 Å². The molecule has 0 heterocycles. The highest BCUT2D eigenvalue weighted by atomic mass is 16.5. The standard InChI is InChI=1S/C13H24N2O2/c1-14-11-4-2-3-5-12(11)17-9-13(16)15-8-10-6-7-10/h10-12,14H,2-9H2,1H3,(H,15,16). The van der Waals surface area contributed by atoms with E-state index in [0.29, 0.717) is 6.04 Å². The minimum Gasteiger partial charge on any atom is -0.367 e. The summed E-state index contributed by atoms with van der Waals surface area (Å²) in [6.07, 6.45) is 7.45. The predicted molar refractivity (Wildman–Crippen MR) is 66.8 cm³/mol. The van der Waals surface area contributed by atoms with Crippen LogP contribution in [0.5, 0.6) is 0 Å². The zero-order chi connectivity index (χ0) is 12.1. The number of amides is 1. The van der Waals surface area contributed by atoms with E-state index in [1.807, 2.05) is 7.05 Å². The average molecular weight is 240 g/mol. The molecule has 0 aliphatic heterocycles. The van der Waals surface area contributed by atoms with Crippen molar-refractivity contribution in [1.29, 1.82) is 0 Å². The van der Waals surface area contributed by atoms with Crippen molar-refractivity contribution in [1.82, 2.24) is 10.6 Å². The van der Waals surface area contributed by atoms with Gasteiger partial charge in [-0.15, -0.1) is 0 Å². The summed E-state index contributed by atoms with van der Waals surface area (Å²) in [6, 6.07) is 0.417. The molecule has 17 heavy (non-hydrogen) atoms. The Hall–Kier alpha value is -0.610. The maximum absolute atomic E-state index is 11.6. The molecule has 0 aromatic heterocycles. The fourth-order valence-electron chi connectivity index (χ4n) is 2.44. The summed E-state index contributed by atoms with van der Waals surface area (Å²) in [4.78, 5) is 11.6. The van der Waals surface area contributed by atoms with Gasteiger partial charge in [0, 0.05) is 12.6 Å². The largest absolute Gasteiger partial charge is 0.367 e. The predicted octanol–water partition coefficient (Wildman–Crippen LogP) is 1.06. The maximum Gasteiger partial charge on any atom is 0.246 e. The molecule has 2 saturated carbocycles.